The fraction of sp³-hybridized carbons (Fsp3) is 0.200. The number of carbonyl (C=O) groups is 2. The molecule has 0 aliphatic heterocycles. The van der Waals surface area contributed by atoms with Gasteiger partial charge in [0, 0.05) is 22.5 Å². The molecule has 98 valence electrons. The van der Waals surface area contributed by atoms with Crippen molar-refractivity contribution in [2.24, 2.45) is 0 Å². The van der Waals surface area contributed by atoms with Crippen LogP contribution in [0.15, 0.2) is 30.3 Å². The molecule has 0 saturated heterocycles. The number of benzene rings is 1. The normalized spacial score (nSPS) is 10.3. The van der Waals surface area contributed by atoms with Gasteiger partial charge in [-0.25, -0.2) is 0 Å². The van der Waals surface area contributed by atoms with Crippen molar-refractivity contribution in [3.63, 3.8) is 0 Å². The number of hydrogen-bond donors (Lipinski definition) is 1. The van der Waals surface area contributed by atoms with Crippen LogP contribution in [0.4, 0.5) is 0 Å². The molecule has 1 aromatic heterocycles. The van der Waals surface area contributed by atoms with Gasteiger partial charge in [-0.1, -0.05) is 17.7 Å². The molecular formula is C15H16N2O2. The van der Waals surface area contributed by atoms with E-state index >= 15 is 0 Å². The van der Waals surface area contributed by atoms with Crippen molar-refractivity contribution >= 4 is 12.2 Å². The predicted molar refractivity (Wildman–Crippen MR) is 74.2 cm³/mol. The third-order valence-electron chi connectivity index (χ3n) is 3.09. The highest BCUT2D eigenvalue weighted by Crippen LogP contribution is 2.12. The van der Waals surface area contributed by atoms with Gasteiger partial charge in [-0.05, 0) is 39.0 Å². The van der Waals surface area contributed by atoms with E-state index in [-0.39, 0.29) is 5.91 Å². The van der Waals surface area contributed by atoms with Crippen molar-refractivity contribution in [1.29, 1.82) is 0 Å². The van der Waals surface area contributed by atoms with E-state index in [9.17, 15) is 9.59 Å². The first-order chi connectivity index (χ1) is 9.02. The topological polar surface area (TPSA) is 51.1 Å². The SMILES string of the molecule is Cc1cccc(C(=O)Nn2c(C)cc(C=O)c2C)c1. The number of nitrogens with one attached hydrogen (secondary N) is 1. The molecule has 0 spiro atoms. The Hall–Kier alpha value is -2.36. The van der Waals surface area contributed by atoms with Gasteiger partial charge < -0.3 is 0 Å². The Morgan fingerprint density at radius 2 is 1.95 bits per heavy atom. The minimum atomic E-state index is -0.192. The van der Waals surface area contributed by atoms with Crippen LogP contribution in [0.25, 0.3) is 0 Å². The monoisotopic (exact) mass is 256 g/mol. The molecule has 1 heterocycles. The zero-order chi connectivity index (χ0) is 14.0. The lowest BCUT2D eigenvalue weighted by atomic mass is 10.1. The number of aldehydes is 1. The zero-order valence-corrected chi connectivity index (χ0v) is 11.2. The summed E-state index contributed by atoms with van der Waals surface area (Å²) in [6, 6.07) is 9.12. The molecule has 0 radical (unpaired) electrons. The van der Waals surface area contributed by atoms with E-state index in [0.717, 1.165) is 23.2 Å². The molecule has 1 aromatic carbocycles. The summed E-state index contributed by atoms with van der Waals surface area (Å²) in [7, 11) is 0. The molecule has 4 nitrogen and oxygen atoms in total. The second-order valence-electron chi connectivity index (χ2n) is 4.59. The molecule has 2 aromatic rings. The molecule has 19 heavy (non-hydrogen) atoms. The van der Waals surface area contributed by atoms with E-state index < -0.39 is 0 Å². The first kappa shape index (κ1) is 13.1. The Morgan fingerprint density at radius 1 is 1.21 bits per heavy atom. The Bertz CT molecular complexity index is 642. The fourth-order valence-electron chi connectivity index (χ4n) is 2.03. The van der Waals surface area contributed by atoms with Crippen LogP contribution in [0.2, 0.25) is 0 Å². The third kappa shape index (κ3) is 2.57. The van der Waals surface area contributed by atoms with Gasteiger partial charge in [-0.15, -0.1) is 0 Å². The molecule has 4 heteroatoms. The number of aromatic nitrogens is 1. The molecule has 0 atom stereocenters. The van der Waals surface area contributed by atoms with Crippen LogP contribution in [0.1, 0.15) is 37.7 Å². The average molecular weight is 256 g/mol. The van der Waals surface area contributed by atoms with Crippen molar-refractivity contribution in [3.05, 3.63) is 58.4 Å². The van der Waals surface area contributed by atoms with E-state index in [1.54, 1.807) is 23.7 Å². The van der Waals surface area contributed by atoms with Crippen LogP contribution in [0.3, 0.4) is 0 Å². The summed E-state index contributed by atoms with van der Waals surface area (Å²) in [6.45, 7) is 5.58. The van der Waals surface area contributed by atoms with Crippen LogP contribution < -0.4 is 5.43 Å². The minimum Gasteiger partial charge on any atom is -0.298 e. The summed E-state index contributed by atoms with van der Waals surface area (Å²) in [4.78, 5) is 23.0. The van der Waals surface area contributed by atoms with Crippen molar-refractivity contribution < 1.29 is 9.59 Å². The number of amides is 1. The van der Waals surface area contributed by atoms with E-state index in [1.165, 1.54) is 0 Å². The summed E-state index contributed by atoms with van der Waals surface area (Å²) in [5, 5.41) is 0. The summed E-state index contributed by atoms with van der Waals surface area (Å²) >= 11 is 0. The van der Waals surface area contributed by atoms with E-state index in [4.69, 9.17) is 0 Å². The fourth-order valence-corrected chi connectivity index (χ4v) is 2.03. The molecule has 0 bridgehead atoms. The lowest BCUT2D eigenvalue weighted by molar-refractivity contribution is 0.101. The predicted octanol–water partition coefficient (Wildman–Crippen LogP) is 2.61. The van der Waals surface area contributed by atoms with Crippen molar-refractivity contribution in [1.82, 2.24) is 4.68 Å². The highest BCUT2D eigenvalue weighted by atomic mass is 16.2. The smallest absolute Gasteiger partial charge is 0.270 e. The summed E-state index contributed by atoms with van der Waals surface area (Å²) in [5.41, 5.74) is 6.56. The molecule has 0 saturated carbocycles. The maximum absolute atomic E-state index is 12.1. The van der Waals surface area contributed by atoms with Gasteiger partial charge in [-0.3, -0.25) is 19.7 Å². The number of aryl methyl sites for hydroxylation is 2. The van der Waals surface area contributed by atoms with E-state index in [2.05, 4.69) is 5.43 Å². The molecule has 2 rings (SSSR count). The van der Waals surface area contributed by atoms with Gasteiger partial charge in [0.1, 0.15) is 0 Å². The van der Waals surface area contributed by atoms with Crippen LogP contribution >= 0.6 is 0 Å². The van der Waals surface area contributed by atoms with Gasteiger partial charge in [-0.2, -0.15) is 0 Å². The Balaban J connectivity index is 2.29. The van der Waals surface area contributed by atoms with Crippen LogP contribution in [-0.2, 0) is 0 Å². The minimum absolute atomic E-state index is 0.192. The Labute approximate surface area is 112 Å². The summed E-state index contributed by atoms with van der Waals surface area (Å²) in [5.74, 6) is -0.192. The first-order valence-corrected chi connectivity index (χ1v) is 6.05. The van der Waals surface area contributed by atoms with E-state index in [0.29, 0.717) is 11.1 Å². The van der Waals surface area contributed by atoms with Gasteiger partial charge in [0.05, 0.1) is 0 Å². The first-order valence-electron chi connectivity index (χ1n) is 6.05. The maximum Gasteiger partial charge on any atom is 0.270 e. The van der Waals surface area contributed by atoms with Gasteiger partial charge in [0.15, 0.2) is 6.29 Å². The van der Waals surface area contributed by atoms with Crippen LogP contribution in [0, 0.1) is 20.8 Å². The lowest BCUT2D eigenvalue weighted by Crippen LogP contribution is -2.24. The maximum atomic E-state index is 12.1. The van der Waals surface area contributed by atoms with E-state index in [1.807, 2.05) is 32.0 Å². The molecule has 1 amide bonds. The molecule has 0 unspecified atom stereocenters. The standard InChI is InChI=1S/C15H16N2O2/c1-10-5-4-6-13(7-10)15(19)16-17-11(2)8-14(9-18)12(17)3/h4-9H,1-3H3,(H,16,19). The van der Waals surface area contributed by atoms with Crippen LogP contribution in [0.5, 0.6) is 0 Å². The van der Waals surface area contributed by atoms with Gasteiger partial charge in [0.2, 0.25) is 0 Å². The number of rotatable bonds is 3. The van der Waals surface area contributed by atoms with Gasteiger partial charge >= 0.3 is 0 Å². The summed E-state index contributed by atoms with van der Waals surface area (Å²) < 4.78 is 1.63. The highest BCUT2D eigenvalue weighted by Gasteiger charge is 2.12. The van der Waals surface area contributed by atoms with Crippen molar-refractivity contribution in [2.45, 2.75) is 20.8 Å². The largest absolute Gasteiger partial charge is 0.298 e. The number of nitrogens with zero attached hydrogens (tertiary/aromatic N) is 1. The second kappa shape index (κ2) is 5.10. The molecule has 0 fully saturated rings. The molecule has 1 N–H and O–H groups in total. The quantitative estimate of drug-likeness (QED) is 0.858. The van der Waals surface area contributed by atoms with Crippen molar-refractivity contribution in [2.75, 3.05) is 5.43 Å². The lowest BCUT2D eigenvalue weighted by Gasteiger charge is -2.11. The van der Waals surface area contributed by atoms with Crippen LogP contribution in [-0.4, -0.2) is 16.9 Å². The Kier molecular flexibility index (Phi) is 3.51. The second-order valence-corrected chi connectivity index (χ2v) is 4.59. The summed E-state index contributed by atoms with van der Waals surface area (Å²) in [6.07, 6.45) is 0.789. The average Bonchev–Trinajstić information content (AvgIpc) is 2.66. The third-order valence-corrected chi connectivity index (χ3v) is 3.09. The van der Waals surface area contributed by atoms with Gasteiger partial charge in [0.25, 0.3) is 5.91 Å². The highest BCUT2D eigenvalue weighted by molar-refractivity contribution is 6.00. The van der Waals surface area contributed by atoms with Crippen molar-refractivity contribution in [3.8, 4) is 0 Å². The molecule has 0 aliphatic rings. The zero-order valence-electron chi connectivity index (χ0n) is 11.2. The number of hydrogen-bond acceptors (Lipinski definition) is 2. The molecular weight excluding hydrogens is 240 g/mol. The Morgan fingerprint density at radius 3 is 2.53 bits per heavy atom. The number of carbonyl (C=O) groups excluding carboxylic acids is 2. The molecule has 0 aliphatic carbocycles.